The minimum atomic E-state index is -3.98. The molecule has 13 nitrogen and oxygen atoms in total. The second kappa shape index (κ2) is 14.3. The van der Waals surface area contributed by atoms with Gasteiger partial charge in [-0.3, -0.25) is 23.9 Å². The summed E-state index contributed by atoms with van der Waals surface area (Å²) >= 11 is 0. The van der Waals surface area contributed by atoms with Gasteiger partial charge in [0, 0.05) is 41.7 Å². The summed E-state index contributed by atoms with van der Waals surface area (Å²) in [4.78, 5) is 63.7. The van der Waals surface area contributed by atoms with Crippen LogP contribution in [0.1, 0.15) is 128 Å². The molecule has 1 aromatic heterocycles. The number of hydrogen-bond acceptors (Lipinski definition) is 9. The highest BCUT2D eigenvalue weighted by molar-refractivity contribution is 7.91. The van der Waals surface area contributed by atoms with Crippen molar-refractivity contribution in [2.45, 2.75) is 151 Å². The standard InChI is InChI=1S/C43H57N5O8S/c1-40(2,3)24-34(49)44-31-12-10-8-6-7-9-11-27-22-43(27,39(52)47-57(53,54)41(4)19-20-41)46-37(50)33-23-42(25-48(33)38(31)51)18-17-30-29-16-15-28(55-5)21-32(29)45-35(26-13-14-26)36(30)56-42/h9,11,15-16,21,26-27,31,33H,6-8,10,12-14,17-20,22-25H2,1-5H3,(H,44,49)(H,46,50)(H,47,52)/t27-,31+,33+,42-,43-/m1/s1. The number of ether oxygens (including phenoxy) is 2. The Hall–Kier alpha value is -4.20. The molecule has 0 radical (unpaired) electrons. The van der Waals surface area contributed by atoms with Crippen molar-refractivity contribution in [2.75, 3.05) is 13.7 Å². The average Bonchev–Trinajstić information content (AvgIpc) is 4.08. The van der Waals surface area contributed by atoms with Crippen molar-refractivity contribution >= 4 is 44.6 Å². The van der Waals surface area contributed by atoms with E-state index in [-0.39, 0.29) is 49.0 Å². The normalized spacial score (nSPS) is 29.8. The highest BCUT2D eigenvalue weighted by Crippen LogP contribution is 2.52. The summed E-state index contributed by atoms with van der Waals surface area (Å²) in [7, 11) is -2.34. The van der Waals surface area contributed by atoms with Crippen molar-refractivity contribution in [1.82, 2.24) is 25.2 Å². The molecule has 308 valence electrons. The highest BCUT2D eigenvalue weighted by Gasteiger charge is 2.64. The van der Waals surface area contributed by atoms with E-state index >= 15 is 0 Å². The van der Waals surface area contributed by atoms with Gasteiger partial charge in [-0.05, 0) is 88.7 Å². The van der Waals surface area contributed by atoms with Crippen LogP contribution >= 0.6 is 0 Å². The number of carbonyl (C=O) groups is 4. The van der Waals surface area contributed by atoms with Crippen LogP contribution in [0.5, 0.6) is 11.5 Å². The lowest BCUT2D eigenvalue weighted by molar-refractivity contribution is -0.142. The number of nitrogens with one attached hydrogen (secondary N) is 3. The Kier molecular flexibility index (Phi) is 9.92. The van der Waals surface area contributed by atoms with E-state index in [2.05, 4.69) is 15.4 Å². The minimum absolute atomic E-state index is 0.106. The van der Waals surface area contributed by atoms with Crippen LogP contribution in [0.2, 0.25) is 0 Å². The van der Waals surface area contributed by atoms with Crippen molar-refractivity contribution in [3.05, 3.63) is 41.6 Å². The molecule has 0 bridgehead atoms. The summed E-state index contributed by atoms with van der Waals surface area (Å²) < 4.78 is 40.4. The van der Waals surface area contributed by atoms with Gasteiger partial charge >= 0.3 is 0 Å². The van der Waals surface area contributed by atoms with E-state index < -0.39 is 55.7 Å². The monoisotopic (exact) mass is 803 g/mol. The fraction of sp³-hybridized carbons (Fsp3) is 0.651. The van der Waals surface area contributed by atoms with Crippen molar-refractivity contribution in [3.63, 3.8) is 0 Å². The smallest absolute Gasteiger partial charge is 0.259 e. The first-order chi connectivity index (χ1) is 27.0. The summed E-state index contributed by atoms with van der Waals surface area (Å²) in [6, 6.07) is 3.96. The topological polar surface area (TPSA) is 173 Å². The lowest BCUT2D eigenvalue weighted by Gasteiger charge is -2.37. The van der Waals surface area contributed by atoms with Crippen LogP contribution in [-0.2, 0) is 35.6 Å². The number of pyridine rings is 1. The number of hydrogen-bond donors (Lipinski definition) is 3. The molecule has 1 aromatic carbocycles. The lowest BCUT2D eigenvalue weighted by Crippen LogP contribution is -2.58. The van der Waals surface area contributed by atoms with E-state index in [9.17, 15) is 27.6 Å². The van der Waals surface area contributed by atoms with Gasteiger partial charge in [0.15, 0.2) is 0 Å². The third-order valence-electron chi connectivity index (χ3n) is 13.0. The Morgan fingerprint density at radius 1 is 1.07 bits per heavy atom. The van der Waals surface area contributed by atoms with Gasteiger partial charge in [-0.15, -0.1) is 0 Å². The molecule has 4 amide bonds. The predicted octanol–water partition coefficient (Wildman–Crippen LogP) is 5.10. The quantitative estimate of drug-likeness (QED) is 0.322. The number of benzene rings is 1. The molecular weight excluding hydrogens is 747 g/mol. The fourth-order valence-corrected chi connectivity index (χ4v) is 10.3. The molecule has 1 saturated heterocycles. The third-order valence-corrected chi connectivity index (χ3v) is 15.2. The summed E-state index contributed by atoms with van der Waals surface area (Å²) in [5.41, 5.74) is 0.0452. The van der Waals surface area contributed by atoms with Gasteiger partial charge < -0.3 is 25.0 Å². The first-order valence-corrected chi connectivity index (χ1v) is 22.3. The Bertz CT molecular complexity index is 2140. The summed E-state index contributed by atoms with van der Waals surface area (Å²) in [6.45, 7) is 7.63. The number of fused-ring (bicyclic) bond motifs is 5. The lowest BCUT2D eigenvalue weighted by atomic mass is 9.86. The molecule has 57 heavy (non-hydrogen) atoms. The van der Waals surface area contributed by atoms with Crippen LogP contribution in [0.15, 0.2) is 30.4 Å². The highest BCUT2D eigenvalue weighted by atomic mass is 32.2. The first kappa shape index (κ1) is 39.6. The van der Waals surface area contributed by atoms with Crippen molar-refractivity contribution < 1.29 is 37.1 Å². The van der Waals surface area contributed by atoms with Crippen molar-refractivity contribution in [1.29, 1.82) is 0 Å². The maximum atomic E-state index is 14.9. The maximum absolute atomic E-state index is 14.9. The molecular formula is C43H57N5O8S. The summed E-state index contributed by atoms with van der Waals surface area (Å²) in [6.07, 6.45) is 12.1. The number of carbonyl (C=O) groups excluding carboxylic acids is 4. The SMILES string of the molecule is COc1ccc2c3c(c(C4CC4)nc2c1)O[C@]1(CC3)C[C@H]2C(=O)N[C@]3(C(=O)NS(=O)(=O)C4(C)CC4)C[C@H]3C=CCCCCC[C@H](NC(=O)CC(C)(C)C)C(=O)N2C1. The molecule has 4 fully saturated rings. The van der Waals surface area contributed by atoms with Gasteiger partial charge in [-0.2, -0.15) is 0 Å². The van der Waals surface area contributed by atoms with Crippen molar-refractivity contribution in [2.24, 2.45) is 11.3 Å². The van der Waals surface area contributed by atoms with Crippen LogP contribution in [0.3, 0.4) is 0 Å². The molecule has 3 N–H and O–H groups in total. The molecule has 4 heterocycles. The van der Waals surface area contributed by atoms with Crippen LogP contribution in [-0.4, -0.2) is 83.6 Å². The van der Waals surface area contributed by atoms with Gasteiger partial charge in [-0.1, -0.05) is 45.8 Å². The predicted molar refractivity (Wildman–Crippen MR) is 214 cm³/mol. The minimum Gasteiger partial charge on any atom is -0.497 e. The summed E-state index contributed by atoms with van der Waals surface area (Å²) in [5, 5.41) is 7.01. The number of sulfonamides is 1. The van der Waals surface area contributed by atoms with Crippen LogP contribution < -0.4 is 24.8 Å². The van der Waals surface area contributed by atoms with Gasteiger partial charge in [-0.25, -0.2) is 13.4 Å². The molecule has 8 rings (SSSR count). The molecule has 3 aliphatic heterocycles. The number of methoxy groups -OCH3 is 1. The largest absolute Gasteiger partial charge is 0.497 e. The van der Waals surface area contributed by atoms with Gasteiger partial charge in [0.25, 0.3) is 5.91 Å². The molecule has 3 saturated carbocycles. The molecule has 3 aliphatic carbocycles. The summed E-state index contributed by atoms with van der Waals surface area (Å²) in [5.74, 6) is -0.621. The zero-order valence-electron chi connectivity index (χ0n) is 33.9. The van der Waals surface area contributed by atoms with Crippen LogP contribution in [0.4, 0.5) is 0 Å². The zero-order valence-corrected chi connectivity index (χ0v) is 34.7. The Balaban J connectivity index is 1.15. The molecule has 2 aromatic rings. The van der Waals surface area contributed by atoms with E-state index in [0.29, 0.717) is 44.3 Å². The number of amides is 4. The average molecular weight is 804 g/mol. The fourth-order valence-electron chi connectivity index (χ4n) is 9.03. The Morgan fingerprint density at radius 2 is 1.84 bits per heavy atom. The molecule has 0 unspecified atom stereocenters. The number of rotatable bonds is 7. The second-order valence-corrected chi connectivity index (χ2v) is 21.2. The van der Waals surface area contributed by atoms with Crippen LogP contribution in [0.25, 0.3) is 10.9 Å². The van der Waals surface area contributed by atoms with E-state index in [1.807, 2.05) is 51.1 Å². The molecule has 1 spiro atoms. The Morgan fingerprint density at radius 3 is 2.54 bits per heavy atom. The molecule has 6 aliphatic rings. The number of nitrogens with zero attached hydrogens (tertiary/aromatic N) is 2. The third kappa shape index (κ3) is 7.74. The Labute approximate surface area is 335 Å². The van der Waals surface area contributed by atoms with E-state index in [0.717, 1.165) is 60.0 Å². The van der Waals surface area contributed by atoms with Crippen LogP contribution in [0, 0.1) is 11.3 Å². The zero-order chi connectivity index (χ0) is 40.5. The van der Waals surface area contributed by atoms with Gasteiger partial charge in [0.2, 0.25) is 27.7 Å². The second-order valence-electron chi connectivity index (χ2n) is 19.0. The molecule has 14 heteroatoms. The van der Waals surface area contributed by atoms with E-state index in [1.54, 1.807) is 18.9 Å². The number of allylic oxidation sites excluding steroid dienone is 1. The van der Waals surface area contributed by atoms with E-state index in [1.165, 1.54) is 0 Å². The van der Waals surface area contributed by atoms with Gasteiger partial charge in [0.1, 0.15) is 34.7 Å². The van der Waals surface area contributed by atoms with Gasteiger partial charge in [0.05, 0.1) is 29.6 Å². The molecule has 5 atom stereocenters. The van der Waals surface area contributed by atoms with Crippen molar-refractivity contribution in [3.8, 4) is 11.5 Å². The first-order valence-electron chi connectivity index (χ1n) is 20.8. The number of aromatic nitrogens is 1. The van der Waals surface area contributed by atoms with E-state index in [4.69, 9.17) is 14.5 Å². The maximum Gasteiger partial charge on any atom is 0.259 e. The number of aryl methyl sites for hydroxylation is 1.